The fourth-order valence-electron chi connectivity index (χ4n) is 4.72. The van der Waals surface area contributed by atoms with Crippen molar-refractivity contribution in [3.63, 3.8) is 0 Å². The zero-order valence-corrected chi connectivity index (χ0v) is 18.6. The summed E-state index contributed by atoms with van der Waals surface area (Å²) in [4.78, 5) is 28.1. The molecule has 2 aromatic rings. The second kappa shape index (κ2) is 9.26. The molecule has 0 saturated heterocycles. The van der Waals surface area contributed by atoms with Gasteiger partial charge in [0.05, 0.1) is 6.54 Å². The molecule has 1 unspecified atom stereocenters. The summed E-state index contributed by atoms with van der Waals surface area (Å²) in [5.41, 5.74) is 0.404. The third-order valence-corrected chi connectivity index (χ3v) is 6.56. The molecule has 0 bridgehead atoms. The number of carbonyl (C=O) groups is 1. The van der Waals surface area contributed by atoms with Gasteiger partial charge in [0.15, 0.2) is 0 Å². The van der Waals surface area contributed by atoms with Crippen molar-refractivity contribution >= 4 is 11.6 Å². The minimum Gasteiger partial charge on any atom is -0.371 e. The SMILES string of the molecule is CN(C)CCn1nc2n(c1=O)CCC(NC(=O)C1(Nc3ccccc3)CCCC1)CC2. The van der Waals surface area contributed by atoms with Crippen molar-refractivity contribution in [3.05, 3.63) is 46.6 Å². The smallest absolute Gasteiger partial charge is 0.345 e. The van der Waals surface area contributed by atoms with Crippen LogP contribution in [0.4, 0.5) is 5.69 Å². The van der Waals surface area contributed by atoms with E-state index in [1.807, 2.05) is 49.3 Å². The summed E-state index contributed by atoms with van der Waals surface area (Å²) in [6.45, 7) is 1.98. The Kier molecular flexibility index (Phi) is 6.46. The Hall–Kier alpha value is -2.61. The molecule has 4 rings (SSSR count). The van der Waals surface area contributed by atoms with E-state index in [9.17, 15) is 9.59 Å². The number of para-hydroxylation sites is 1. The van der Waals surface area contributed by atoms with Crippen LogP contribution in [-0.4, -0.2) is 57.4 Å². The maximum Gasteiger partial charge on any atom is 0.345 e. The van der Waals surface area contributed by atoms with E-state index in [-0.39, 0.29) is 17.6 Å². The summed E-state index contributed by atoms with van der Waals surface area (Å²) in [6.07, 6.45) is 6.06. The first kappa shape index (κ1) is 21.6. The number of likely N-dealkylation sites (N-methyl/N-ethyl adjacent to an activating group) is 1. The van der Waals surface area contributed by atoms with E-state index in [1.54, 1.807) is 9.25 Å². The molecule has 1 aliphatic heterocycles. The molecule has 0 radical (unpaired) electrons. The van der Waals surface area contributed by atoms with Gasteiger partial charge >= 0.3 is 5.69 Å². The summed E-state index contributed by atoms with van der Waals surface area (Å²) in [5, 5.41) is 11.4. The van der Waals surface area contributed by atoms with Crippen LogP contribution in [0, 0.1) is 0 Å². The highest BCUT2D eigenvalue weighted by Gasteiger charge is 2.42. The minimum absolute atomic E-state index is 0.0400. The van der Waals surface area contributed by atoms with Gasteiger partial charge in [0, 0.05) is 31.2 Å². The molecule has 2 heterocycles. The third kappa shape index (κ3) is 4.84. The lowest BCUT2D eigenvalue weighted by Crippen LogP contribution is -2.53. The molecular weight excluding hydrogens is 392 g/mol. The maximum atomic E-state index is 13.4. The largest absolute Gasteiger partial charge is 0.371 e. The van der Waals surface area contributed by atoms with E-state index in [0.29, 0.717) is 19.5 Å². The Balaban J connectivity index is 1.40. The molecule has 31 heavy (non-hydrogen) atoms. The number of benzene rings is 1. The molecule has 1 fully saturated rings. The van der Waals surface area contributed by atoms with Crippen LogP contribution in [-0.2, 0) is 24.3 Å². The number of hydrogen-bond acceptors (Lipinski definition) is 5. The second-order valence-corrected chi connectivity index (χ2v) is 9.15. The molecule has 8 nitrogen and oxygen atoms in total. The highest BCUT2D eigenvalue weighted by molar-refractivity contribution is 5.90. The van der Waals surface area contributed by atoms with Crippen molar-refractivity contribution in [3.8, 4) is 0 Å². The summed E-state index contributed by atoms with van der Waals surface area (Å²) in [7, 11) is 3.98. The first-order chi connectivity index (χ1) is 15.0. The highest BCUT2D eigenvalue weighted by atomic mass is 16.2. The standard InChI is InChI=1S/C23H34N6O2/c1-27(2)16-17-29-22(31)28-15-12-18(10-11-20(28)26-29)24-21(30)23(13-6-7-14-23)25-19-8-4-3-5-9-19/h3-5,8-9,18,25H,6-7,10-17H2,1-2H3,(H,24,30). The number of hydrogen-bond donors (Lipinski definition) is 2. The molecule has 1 saturated carbocycles. The predicted molar refractivity (Wildman–Crippen MR) is 121 cm³/mol. The lowest BCUT2D eigenvalue weighted by molar-refractivity contribution is -0.126. The molecule has 1 amide bonds. The van der Waals surface area contributed by atoms with Crippen molar-refractivity contribution < 1.29 is 4.79 Å². The number of carbonyl (C=O) groups excluding carboxylic acids is 1. The lowest BCUT2D eigenvalue weighted by Gasteiger charge is -2.32. The molecule has 0 spiro atoms. The van der Waals surface area contributed by atoms with E-state index >= 15 is 0 Å². The monoisotopic (exact) mass is 426 g/mol. The zero-order valence-electron chi connectivity index (χ0n) is 18.6. The number of rotatable bonds is 7. The first-order valence-electron chi connectivity index (χ1n) is 11.4. The molecule has 1 aromatic heterocycles. The van der Waals surface area contributed by atoms with Gasteiger partial charge in [-0.3, -0.25) is 9.36 Å². The molecule has 168 valence electrons. The summed E-state index contributed by atoms with van der Waals surface area (Å²) in [5.74, 6) is 0.917. The van der Waals surface area contributed by atoms with Crippen LogP contribution in [0.1, 0.15) is 44.3 Å². The van der Waals surface area contributed by atoms with Crippen LogP contribution in [0.5, 0.6) is 0 Å². The van der Waals surface area contributed by atoms with Gasteiger partial charge in [-0.1, -0.05) is 31.0 Å². The lowest BCUT2D eigenvalue weighted by atomic mass is 9.94. The Bertz CT molecular complexity index is 943. The van der Waals surface area contributed by atoms with E-state index < -0.39 is 5.54 Å². The first-order valence-corrected chi connectivity index (χ1v) is 11.4. The normalized spacial score (nSPS) is 20.3. The molecule has 1 aromatic carbocycles. The van der Waals surface area contributed by atoms with Crippen LogP contribution < -0.4 is 16.3 Å². The Morgan fingerprint density at radius 1 is 1.19 bits per heavy atom. The summed E-state index contributed by atoms with van der Waals surface area (Å²) >= 11 is 0. The number of amides is 1. The molecule has 1 atom stereocenters. The van der Waals surface area contributed by atoms with Crippen molar-refractivity contribution in [2.45, 2.75) is 69.6 Å². The van der Waals surface area contributed by atoms with Gasteiger partial charge in [0.1, 0.15) is 11.4 Å². The number of aromatic nitrogens is 3. The van der Waals surface area contributed by atoms with Gasteiger partial charge < -0.3 is 15.5 Å². The average Bonchev–Trinajstić information content (AvgIpc) is 3.28. The fourth-order valence-corrected chi connectivity index (χ4v) is 4.72. The third-order valence-electron chi connectivity index (χ3n) is 6.56. The number of nitrogens with zero attached hydrogens (tertiary/aromatic N) is 4. The van der Waals surface area contributed by atoms with Crippen molar-refractivity contribution in [1.82, 2.24) is 24.6 Å². The van der Waals surface area contributed by atoms with Gasteiger partial charge in [0.2, 0.25) is 5.91 Å². The summed E-state index contributed by atoms with van der Waals surface area (Å²) < 4.78 is 3.36. The molecule has 8 heteroatoms. The minimum atomic E-state index is -0.542. The van der Waals surface area contributed by atoms with Crippen LogP contribution in [0.25, 0.3) is 0 Å². The fraction of sp³-hybridized carbons (Fsp3) is 0.609. The van der Waals surface area contributed by atoms with E-state index in [2.05, 4.69) is 15.7 Å². The van der Waals surface area contributed by atoms with Crippen molar-refractivity contribution in [2.24, 2.45) is 0 Å². The second-order valence-electron chi connectivity index (χ2n) is 9.15. The van der Waals surface area contributed by atoms with Gasteiger partial charge in [-0.15, -0.1) is 0 Å². The number of aryl methyl sites for hydroxylation is 1. The van der Waals surface area contributed by atoms with Gasteiger partial charge in [-0.25, -0.2) is 9.48 Å². The number of anilines is 1. The topological polar surface area (TPSA) is 84.2 Å². The van der Waals surface area contributed by atoms with E-state index in [4.69, 9.17) is 0 Å². The Morgan fingerprint density at radius 2 is 1.94 bits per heavy atom. The van der Waals surface area contributed by atoms with Crippen LogP contribution >= 0.6 is 0 Å². The molecule has 2 aliphatic rings. The molecule has 1 aliphatic carbocycles. The molecule has 2 N–H and O–H groups in total. The number of fused-ring (bicyclic) bond motifs is 1. The quantitative estimate of drug-likeness (QED) is 0.706. The van der Waals surface area contributed by atoms with Crippen LogP contribution in [0.3, 0.4) is 0 Å². The van der Waals surface area contributed by atoms with Crippen LogP contribution in [0.15, 0.2) is 35.1 Å². The Morgan fingerprint density at radius 3 is 2.65 bits per heavy atom. The van der Waals surface area contributed by atoms with Gasteiger partial charge in [-0.2, -0.15) is 5.10 Å². The Labute approximate surface area is 183 Å². The van der Waals surface area contributed by atoms with Gasteiger partial charge in [-0.05, 0) is 51.9 Å². The van der Waals surface area contributed by atoms with Crippen LogP contribution in [0.2, 0.25) is 0 Å². The maximum absolute atomic E-state index is 13.4. The summed E-state index contributed by atoms with van der Waals surface area (Å²) in [6, 6.07) is 10.0. The predicted octanol–water partition coefficient (Wildman–Crippen LogP) is 1.85. The number of nitrogens with one attached hydrogen (secondary N) is 2. The van der Waals surface area contributed by atoms with Crippen molar-refractivity contribution in [2.75, 3.05) is 26.0 Å². The van der Waals surface area contributed by atoms with Gasteiger partial charge in [0.25, 0.3) is 0 Å². The van der Waals surface area contributed by atoms with E-state index in [1.165, 1.54) is 0 Å². The van der Waals surface area contributed by atoms with Crippen molar-refractivity contribution in [1.29, 1.82) is 0 Å². The average molecular weight is 427 g/mol. The zero-order chi connectivity index (χ0) is 21.8. The highest BCUT2D eigenvalue weighted by Crippen LogP contribution is 2.34. The molecular formula is C23H34N6O2. The van der Waals surface area contributed by atoms with E-state index in [0.717, 1.165) is 56.6 Å².